The molecule has 0 radical (unpaired) electrons. The minimum atomic E-state index is -0.173. The smallest absolute Gasteiger partial charge is 0.122 e. The molecule has 1 unspecified atom stereocenters. The van der Waals surface area contributed by atoms with Gasteiger partial charge in [0.25, 0.3) is 0 Å². The largest absolute Gasteiger partial charge is 0.493 e. The van der Waals surface area contributed by atoms with E-state index in [-0.39, 0.29) is 11.5 Å². The second-order valence-electron chi connectivity index (χ2n) is 5.95. The number of rotatable bonds is 3. The highest BCUT2D eigenvalue weighted by Gasteiger charge is 2.51. The number of hydrogen-bond donors (Lipinski definition) is 0. The van der Waals surface area contributed by atoms with E-state index in [1.165, 1.54) is 11.1 Å². The molecule has 3 nitrogen and oxygen atoms in total. The lowest BCUT2D eigenvalue weighted by molar-refractivity contribution is 0.231. The van der Waals surface area contributed by atoms with E-state index in [1.54, 1.807) is 0 Å². The lowest BCUT2D eigenvalue weighted by Gasteiger charge is -2.30. The van der Waals surface area contributed by atoms with E-state index in [2.05, 4.69) is 43.3 Å². The van der Waals surface area contributed by atoms with Crippen LogP contribution in [0.5, 0.6) is 5.75 Å². The van der Waals surface area contributed by atoms with E-state index in [0.717, 1.165) is 38.0 Å². The molecule has 1 aliphatic carbocycles. The first-order valence-corrected chi connectivity index (χ1v) is 7.00. The van der Waals surface area contributed by atoms with Crippen LogP contribution in [0.2, 0.25) is 0 Å². The summed E-state index contributed by atoms with van der Waals surface area (Å²) >= 11 is 0. The predicted octanol–water partition coefficient (Wildman–Crippen LogP) is 2.92. The first-order valence-electron chi connectivity index (χ1n) is 7.00. The third-order valence-electron chi connectivity index (χ3n) is 4.30. The van der Waals surface area contributed by atoms with E-state index < -0.39 is 0 Å². The van der Waals surface area contributed by atoms with Crippen LogP contribution in [0, 0.1) is 16.7 Å². The van der Waals surface area contributed by atoms with Crippen molar-refractivity contribution in [1.29, 1.82) is 5.26 Å². The molecule has 0 spiro atoms. The van der Waals surface area contributed by atoms with Crippen LogP contribution in [0.25, 0.3) is 0 Å². The molecular formula is C16H20N2O. The Morgan fingerprint density at radius 1 is 1.37 bits per heavy atom. The Kier molecular flexibility index (Phi) is 2.99. The van der Waals surface area contributed by atoms with Crippen molar-refractivity contribution in [1.82, 2.24) is 4.90 Å². The van der Waals surface area contributed by atoms with Gasteiger partial charge in [0, 0.05) is 0 Å². The highest BCUT2D eigenvalue weighted by atomic mass is 16.5. The fourth-order valence-corrected chi connectivity index (χ4v) is 3.24. The van der Waals surface area contributed by atoms with Crippen molar-refractivity contribution in [2.24, 2.45) is 5.41 Å². The summed E-state index contributed by atoms with van der Waals surface area (Å²) in [6.07, 6.45) is 4.20. The van der Waals surface area contributed by atoms with Gasteiger partial charge in [0.15, 0.2) is 0 Å². The van der Waals surface area contributed by atoms with Gasteiger partial charge < -0.3 is 9.64 Å². The molecule has 3 heteroatoms. The van der Waals surface area contributed by atoms with Crippen molar-refractivity contribution in [3.05, 3.63) is 29.3 Å². The standard InChI is InChI=1S/C16H20N2O/c1-18(2)15(16(11-17)7-8-16)13-5-6-14-12(10-13)4-3-9-19-14/h5-6,10,15H,3-4,7-9H2,1-2H3. The Balaban J connectivity index is 1.98. The number of nitriles is 1. The Morgan fingerprint density at radius 3 is 2.79 bits per heavy atom. The molecule has 0 amide bonds. The fourth-order valence-electron chi connectivity index (χ4n) is 3.24. The zero-order chi connectivity index (χ0) is 13.5. The Labute approximate surface area is 114 Å². The lowest BCUT2D eigenvalue weighted by Crippen LogP contribution is -2.28. The molecule has 0 aromatic heterocycles. The maximum absolute atomic E-state index is 9.47. The SMILES string of the molecule is CN(C)C(c1ccc2c(c1)CCCO2)C1(C#N)CC1. The van der Waals surface area contributed by atoms with Crippen LogP contribution in [-0.2, 0) is 6.42 Å². The number of benzene rings is 1. The number of aryl methyl sites for hydroxylation is 1. The van der Waals surface area contributed by atoms with Gasteiger partial charge in [-0.25, -0.2) is 0 Å². The molecule has 0 bridgehead atoms. The van der Waals surface area contributed by atoms with Gasteiger partial charge in [-0.3, -0.25) is 0 Å². The van der Waals surface area contributed by atoms with Gasteiger partial charge >= 0.3 is 0 Å². The maximum Gasteiger partial charge on any atom is 0.122 e. The van der Waals surface area contributed by atoms with Crippen molar-refractivity contribution in [3.8, 4) is 11.8 Å². The van der Waals surface area contributed by atoms with Crippen LogP contribution in [0.1, 0.15) is 36.4 Å². The molecule has 0 N–H and O–H groups in total. The first-order chi connectivity index (χ1) is 9.16. The monoisotopic (exact) mass is 256 g/mol. The van der Waals surface area contributed by atoms with Gasteiger partial charge in [0.1, 0.15) is 5.75 Å². The minimum absolute atomic E-state index is 0.173. The lowest BCUT2D eigenvalue weighted by atomic mass is 9.88. The van der Waals surface area contributed by atoms with E-state index in [4.69, 9.17) is 4.74 Å². The molecule has 1 aromatic rings. The van der Waals surface area contributed by atoms with Gasteiger partial charge in [0.05, 0.1) is 24.1 Å². The number of nitrogens with zero attached hydrogens (tertiary/aromatic N) is 2. The molecule has 100 valence electrons. The maximum atomic E-state index is 9.47. The average Bonchev–Trinajstić information content (AvgIpc) is 3.19. The topological polar surface area (TPSA) is 36.3 Å². The Bertz CT molecular complexity index is 526. The summed E-state index contributed by atoms with van der Waals surface area (Å²) in [5.74, 6) is 1.02. The molecule has 1 saturated carbocycles. The molecular weight excluding hydrogens is 236 g/mol. The molecule has 0 saturated heterocycles. The quantitative estimate of drug-likeness (QED) is 0.834. The van der Waals surface area contributed by atoms with Gasteiger partial charge in [-0.2, -0.15) is 5.26 Å². The molecule has 1 heterocycles. The van der Waals surface area contributed by atoms with Crippen molar-refractivity contribution >= 4 is 0 Å². The minimum Gasteiger partial charge on any atom is -0.493 e. The van der Waals surface area contributed by atoms with Crippen LogP contribution in [0.3, 0.4) is 0 Å². The highest BCUT2D eigenvalue weighted by molar-refractivity contribution is 5.41. The summed E-state index contributed by atoms with van der Waals surface area (Å²) < 4.78 is 5.67. The molecule has 3 rings (SSSR count). The van der Waals surface area contributed by atoms with Crippen LogP contribution < -0.4 is 4.74 Å². The van der Waals surface area contributed by atoms with Crippen molar-refractivity contribution < 1.29 is 4.74 Å². The highest BCUT2D eigenvalue weighted by Crippen LogP contribution is 2.56. The normalized spacial score (nSPS) is 21.2. The summed E-state index contributed by atoms with van der Waals surface area (Å²) in [5.41, 5.74) is 2.38. The van der Waals surface area contributed by atoms with Crippen molar-refractivity contribution in [2.75, 3.05) is 20.7 Å². The van der Waals surface area contributed by atoms with E-state index in [0.29, 0.717) is 0 Å². The molecule has 2 aliphatic rings. The fraction of sp³-hybridized carbons (Fsp3) is 0.562. The molecule has 1 fully saturated rings. The van der Waals surface area contributed by atoms with E-state index in [9.17, 15) is 5.26 Å². The average molecular weight is 256 g/mol. The zero-order valence-corrected chi connectivity index (χ0v) is 11.6. The number of fused-ring (bicyclic) bond motifs is 1. The second-order valence-corrected chi connectivity index (χ2v) is 5.95. The summed E-state index contributed by atoms with van der Waals surface area (Å²) in [7, 11) is 4.13. The second kappa shape index (κ2) is 4.54. The summed E-state index contributed by atoms with van der Waals surface area (Å²) in [4.78, 5) is 2.18. The first kappa shape index (κ1) is 12.5. The summed E-state index contributed by atoms with van der Waals surface area (Å²) in [6, 6.07) is 9.19. The van der Waals surface area contributed by atoms with Crippen molar-refractivity contribution in [2.45, 2.75) is 31.7 Å². The molecule has 19 heavy (non-hydrogen) atoms. The Morgan fingerprint density at radius 2 is 2.16 bits per heavy atom. The molecule has 1 aliphatic heterocycles. The van der Waals surface area contributed by atoms with Crippen LogP contribution >= 0.6 is 0 Å². The summed E-state index contributed by atoms with van der Waals surface area (Å²) in [6.45, 7) is 0.825. The van der Waals surface area contributed by atoms with Crippen LogP contribution in [0.15, 0.2) is 18.2 Å². The zero-order valence-electron chi connectivity index (χ0n) is 11.6. The molecule has 1 atom stereocenters. The van der Waals surface area contributed by atoms with E-state index >= 15 is 0 Å². The third-order valence-corrected chi connectivity index (χ3v) is 4.30. The molecule has 1 aromatic carbocycles. The Hall–Kier alpha value is -1.53. The van der Waals surface area contributed by atoms with E-state index in [1.807, 2.05) is 0 Å². The van der Waals surface area contributed by atoms with Gasteiger partial charge in [-0.1, -0.05) is 12.1 Å². The van der Waals surface area contributed by atoms with Gasteiger partial charge in [-0.05, 0) is 57.0 Å². The number of ether oxygens (including phenoxy) is 1. The third kappa shape index (κ3) is 2.11. The van der Waals surface area contributed by atoms with Crippen LogP contribution in [-0.4, -0.2) is 25.6 Å². The van der Waals surface area contributed by atoms with Gasteiger partial charge in [0.2, 0.25) is 0 Å². The predicted molar refractivity (Wildman–Crippen MR) is 74.0 cm³/mol. The van der Waals surface area contributed by atoms with Crippen LogP contribution in [0.4, 0.5) is 0 Å². The van der Waals surface area contributed by atoms with Gasteiger partial charge in [-0.15, -0.1) is 0 Å². The summed E-state index contributed by atoms with van der Waals surface area (Å²) in [5, 5.41) is 9.47. The van der Waals surface area contributed by atoms with Crippen molar-refractivity contribution in [3.63, 3.8) is 0 Å². The number of hydrogen-bond acceptors (Lipinski definition) is 3.